The lowest BCUT2D eigenvalue weighted by Crippen LogP contribution is -2.54. The van der Waals surface area contributed by atoms with Crippen molar-refractivity contribution in [3.05, 3.63) is 0 Å². The SMILES string of the molecule is CCCCCCCCCCCCCC(I)CC(F)(C(F)(F)F)C(F)(F)F. The Bertz CT molecular complexity index is 338. The van der Waals surface area contributed by atoms with Gasteiger partial charge in [-0.15, -0.1) is 0 Å². The summed E-state index contributed by atoms with van der Waals surface area (Å²) in [6, 6.07) is 0. The Labute approximate surface area is 165 Å². The van der Waals surface area contributed by atoms with Crippen LogP contribution >= 0.6 is 22.6 Å². The molecule has 0 saturated heterocycles. The van der Waals surface area contributed by atoms with Crippen molar-refractivity contribution in [1.82, 2.24) is 0 Å². The van der Waals surface area contributed by atoms with Crippen LogP contribution in [0.2, 0.25) is 0 Å². The molecule has 8 heteroatoms. The van der Waals surface area contributed by atoms with Gasteiger partial charge in [0.2, 0.25) is 0 Å². The molecule has 0 bridgehead atoms. The van der Waals surface area contributed by atoms with Gasteiger partial charge in [-0.3, -0.25) is 0 Å². The molecule has 26 heavy (non-hydrogen) atoms. The van der Waals surface area contributed by atoms with E-state index in [1.165, 1.54) is 61.1 Å². The van der Waals surface area contributed by atoms with Crippen molar-refractivity contribution in [2.75, 3.05) is 0 Å². The Balaban J connectivity index is 3.90. The van der Waals surface area contributed by atoms with Crippen molar-refractivity contribution in [2.45, 2.75) is 112 Å². The van der Waals surface area contributed by atoms with E-state index in [1.54, 1.807) is 0 Å². The maximum absolute atomic E-state index is 13.6. The fraction of sp³-hybridized carbons (Fsp3) is 1.00. The third kappa shape index (κ3) is 9.97. The van der Waals surface area contributed by atoms with Crippen LogP contribution in [0.25, 0.3) is 0 Å². The lowest BCUT2D eigenvalue weighted by atomic mass is 9.95. The van der Waals surface area contributed by atoms with Crippen LogP contribution < -0.4 is 0 Å². The second-order valence-electron chi connectivity index (χ2n) is 6.92. The molecule has 0 nitrogen and oxygen atoms in total. The van der Waals surface area contributed by atoms with E-state index in [0.717, 1.165) is 25.7 Å². The molecule has 0 heterocycles. The Morgan fingerprint density at radius 3 is 1.31 bits per heavy atom. The molecule has 0 aliphatic rings. The Morgan fingerprint density at radius 2 is 0.962 bits per heavy atom. The second-order valence-corrected chi connectivity index (χ2v) is 8.68. The van der Waals surface area contributed by atoms with Crippen LogP contribution in [0.5, 0.6) is 0 Å². The fourth-order valence-corrected chi connectivity index (χ4v) is 3.88. The Hall–Kier alpha value is 0.240. The average molecular weight is 506 g/mol. The summed E-state index contributed by atoms with van der Waals surface area (Å²) in [6.45, 7) is 2.17. The maximum Gasteiger partial charge on any atom is 0.431 e. The normalized spacial score (nSPS) is 14.7. The minimum atomic E-state index is -5.94. The minimum absolute atomic E-state index is 0.162. The molecule has 1 atom stereocenters. The number of hydrogen-bond acceptors (Lipinski definition) is 0. The van der Waals surface area contributed by atoms with E-state index in [4.69, 9.17) is 0 Å². The van der Waals surface area contributed by atoms with E-state index in [2.05, 4.69) is 6.92 Å². The van der Waals surface area contributed by atoms with Gasteiger partial charge in [0, 0.05) is 10.3 Å². The summed E-state index contributed by atoms with van der Waals surface area (Å²) >= 11 is 1.50. The zero-order valence-corrected chi connectivity index (χ0v) is 17.5. The van der Waals surface area contributed by atoms with Gasteiger partial charge in [0.1, 0.15) is 0 Å². The van der Waals surface area contributed by atoms with Gasteiger partial charge in [0.05, 0.1) is 0 Å². The van der Waals surface area contributed by atoms with E-state index >= 15 is 0 Å². The van der Waals surface area contributed by atoms with Crippen molar-refractivity contribution in [1.29, 1.82) is 0 Å². The first-order valence-corrected chi connectivity index (χ1v) is 10.7. The van der Waals surface area contributed by atoms with Crippen LogP contribution in [-0.4, -0.2) is 21.9 Å². The third-order valence-corrected chi connectivity index (χ3v) is 5.59. The smallest absolute Gasteiger partial charge is 0.224 e. The van der Waals surface area contributed by atoms with Crippen molar-refractivity contribution in [3.63, 3.8) is 0 Å². The summed E-state index contributed by atoms with van der Waals surface area (Å²) in [5.41, 5.74) is -5.12. The van der Waals surface area contributed by atoms with Gasteiger partial charge < -0.3 is 0 Å². The average Bonchev–Trinajstić information content (AvgIpc) is 2.50. The number of rotatable bonds is 14. The maximum atomic E-state index is 13.6. The zero-order chi connectivity index (χ0) is 20.3. The summed E-state index contributed by atoms with van der Waals surface area (Å²) in [5, 5.41) is 0. The quantitative estimate of drug-likeness (QED) is 0.0957. The molecule has 0 fully saturated rings. The molecule has 0 spiro atoms. The summed E-state index contributed by atoms with van der Waals surface area (Å²) in [6.07, 6.45) is -1.59. The number of hydrogen-bond donors (Lipinski definition) is 0. The summed E-state index contributed by atoms with van der Waals surface area (Å²) in [5.74, 6) is 0. The lowest BCUT2D eigenvalue weighted by molar-refractivity contribution is -0.342. The topological polar surface area (TPSA) is 0 Å². The molecular weight excluding hydrogens is 476 g/mol. The number of unbranched alkanes of at least 4 members (excludes halogenated alkanes) is 10. The van der Waals surface area contributed by atoms with Crippen LogP contribution in [0, 0.1) is 0 Å². The van der Waals surface area contributed by atoms with E-state index in [9.17, 15) is 30.7 Å². The second kappa shape index (κ2) is 12.6. The molecular formula is C18H30F7I. The first kappa shape index (κ1) is 26.2. The van der Waals surface area contributed by atoms with Crippen LogP contribution in [-0.2, 0) is 0 Å². The predicted molar refractivity (Wildman–Crippen MR) is 99.5 cm³/mol. The molecule has 0 amide bonds. The van der Waals surface area contributed by atoms with Gasteiger partial charge in [-0.05, 0) is 6.42 Å². The molecule has 0 saturated carbocycles. The molecule has 0 rings (SSSR count). The van der Waals surface area contributed by atoms with Crippen LogP contribution in [0.3, 0.4) is 0 Å². The standard InChI is InChI=1S/C18H30F7I/c1-2-3-4-5-6-7-8-9-10-11-12-13-15(26)14-16(19,17(20,21)22)18(23,24)25/h15H,2-14H2,1H3. The highest BCUT2D eigenvalue weighted by Gasteiger charge is 2.72. The highest BCUT2D eigenvalue weighted by molar-refractivity contribution is 14.1. The summed E-state index contributed by atoms with van der Waals surface area (Å²) in [4.78, 5) is 0. The zero-order valence-electron chi connectivity index (χ0n) is 15.3. The molecule has 0 N–H and O–H groups in total. The van der Waals surface area contributed by atoms with E-state index < -0.39 is 28.4 Å². The van der Waals surface area contributed by atoms with Gasteiger partial charge in [-0.1, -0.05) is 100 Å². The van der Waals surface area contributed by atoms with Gasteiger partial charge in [-0.25, -0.2) is 4.39 Å². The first-order valence-electron chi connectivity index (χ1n) is 9.42. The molecule has 0 radical (unpaired) electrons. The van der Waals surface area contributed by atoms with Gasteiger partial charge in [0.25, 0.3) is 5.67 Å². The van der Waals surface area contributed by atoms with E-state index in [1.807, 2.05) is 0 Å². The molecule has 0 aromatic rings. The van der Waals surface area contributed by atoms with Crippen molar-refractivity contribution in [2.24, 2.45) is 0 Å². The predicted octanol–water partition coefficient (Wildman–Crippen LogP) is 8.71. The van der Waals surface area contributed by atoms with Crippen LogP contribution in [0.15, 0.2) is 0 Å². The largest absolute Gasteiger partial charge is 0.431 e. The summed E-state index contributed by atoms with van der Waals surface area (Å²) in [7, 11) is 0. The third-order valence-electron chi connectivity index (χ3n) is 4.52. The van der Waals surface area contributed by atoms with Gasteiger partial charge in [0.15, 0.2) is 0 Å². The van der Waals surface area contributed by atoms with Crippen molar-refractivity contribution >= 4 is 22.6 Å². The van der Waals surface area contributed by atoms with E-state index in [-0.39, 0.29) is 6.42 Å². The molecule has 0 aromatic carbocycles. The van der Waals surface area contributed by atoms with Crippen LogP contribution in [0.1, 0.15) is 90.4 Å². The monoisotopic (exact) mass is 506 g/mol. The van der Waals surface area contributed by atoms with Gasteiger partial charge >= 0.3 is 12.4 Å². The molecule has 0 aliphatic carbocycles. The summed E-state index contributed by atoms with van der Waals surface area (Å²) < 4.78 is 87.8. The highest BCUT2D eigenvalue weighted by atomic mass is 127. The van der Waals surface area contributed by atoms with Crippen LogP contribution in [0.4, 0.5) is 30.7 Å². The Morgan fingerprint density at radius 1 is 0.615 bits per heavy atom. The molecule has 1 unspecified atom stereocenters. The Kier molecular flexibility index (Phi) is 12.8. The molecule has 0 aromatic heterocycles. The molecule has 158 valence electrons. The van der Waals surface area contributed by atoms with Crippen molar-refractivity contribution < 1.29 is 30.7 Å². The number of alkyl halides is 8. The fourth-order valence-electron chi connectivity index (χ4n) is 2.83. The number of halogens is 8. The lowest BCUT2D eigenvalue weighted by Gasteiger charge is -2.31. The van der Waals surface area contributed by atoms with Crippen molar-refractivity contribution in [3.8, 4) is 0 Å². The molecule has 0 aliphatic heterocycles. The minimum Gasteiger partial charge on any atom is -0.224 e. The van der Waals surface area contributed by atoms with E-state index in [0.29, 0.717) is 6.42 Å². The highest BCUT2D eigenvalue weighted by Crippen LogP contribution is 2.50. The van der Waals surface area contributed by atoms with Gasteiger partial charge in [-0.2, -0.15) is 26.3 Å². The first-order chi connectivity index (χ1) is 12.0.